The van der Waals surface area contributed by atoms with Crippen molar-refractivity contribution in [1.82, 2.24) is 15.3 Å². The third-order valence-electron chi connectivity index (χ3n) is 8.74. The summed E-state index contributed by atoms with van der Waals surface area (Å²) >= 11 is 6.03. The van der Waals surface area contributed by atoms with Gasteiger partial charge in [0.05, 0.1) is 5.56 Å². The Morgan fingerprint density at radius 3 is 2.31 bits per heavy atom. The summed E-state index contributed by atoms with van der Waals surface area (Å²) < 4.78 is 49.1. The maximum atomic E-state index is 13.3. The van der Waals surface area contributed by atoms with Gasteiger partial charge in [-0.1, -0.05) is 24.3 Å². The quantitative estimate of drug-likeness (QED) is 0.118. The van der Waals surface area contributed by atoms with Gasteiger partial charge in [-0.05, 0) is 91.4 Å². The van der Waals surface area contributed by atoms with Crippen LogP contribution in [0.5, 0.6) is 5.75 Å². The summed E-state index contributed by atoms with van der Waals surface area (Å²) in [5.74, 6) is 0.310. The third-order valence-corrected chi connectivity index (χ3v) is 9.05. The Labute approximate surface area is 284 Å². The Bertz CT molecular complexity index is 2270. The molecule has 1 atom stereocenters. The van der Waals surface area contributed by atoms with Gasteiger partial charge in [-0.25, -0.2) is 9.97 Å². The molecule has 0 radical (unpaired) electrons. The number of nitrogens with zero attached hydrogens (tertiary/aromatic N) is 3. The van der Waals surface area contributed by atoms with Crippen LogP contribution in [0.3, 0.4) is 0 Å². The molecule has 49 heavy (non-hydrogen) atoms. The van der Waals surface area contributed by atoms with Crippen LogP contribution in [0.4, 0.5) is 8.78 Å². The van der Waals surface area contributed by atoms with Gasteiger partial charge in [0.25, 0.3) is 0 Å². The van der Waals surface area contributed by atoms with Crippen molar-refractivity contribution in [3.8, 4) is 45.9 Å². The fraction of sp³-hybridized carbons (Fsp3) is 0.243. The molecule has 0 bridgehead atoms. The molecule has 6 aromatic rings. The maximum absolute atomic E-state index is 13.3. The van der Waals surface area contributed by atoms with Gasteiger partial charge in [0, 0.05) is 28.6 Å². The lowest BCUT2D eigenvalue weighted by atomic mass is 9.91. The van der Waals surface area contributed by atoms with Crippen molar-refractivity contribution in [2.45, 2.75) is 51.8 Å². The molecule has 0 amide bonds. The van der Waals surface area contributed by atoms with Crippen molar-refractivity contribution in [2.24, 2.45) is 0 Å². The highest BCUT2D eigenvalue weighted by Crippen LogP contribution is 2.39. The van der Waals surface area contributed by atoms with Crippen LogP contribution in [0, 0.1) is 25.2 Å². The summed E-state index contributed by atoms with van der Waals surface area (Å²) in [7, 11) is 0. The number of hydrogen-bond donors (Lipinski definition) is 1. The summed E-state index contributed by atoms with van der Waals surface area (Å²) in [4.78, 5) is 21.9. The molecule has 2 aromatic heterocycles. The van der Waals surface area contributed by atoms with E-state index < -0.39 is 18.6 Å². The van der Waals surface area contributed by atoms with Gasteiger partial charge in [-0.3, -0.25) is 4.79 Å². The summed E-state index contributed by atoms with van der Waals surface area (Å²) in [5, 5.41) is 12.7. The lowest BCUT2D eigenvalue weighted by molar-refractivity contribution is -0.147. The van der Waals surface area contributed by atoms with E-state index in [0.717, 1.165) is 46.3 Å². The van der Waals surface area contributed by atoms with E-state index in [9.17, 15) is 18.8 Å². The number of rotatable bonds is 9. The molecule has 12 heteroatoms. The molecule has 248 valence electrons. The number of alkyl halides is 3. The minimum Gasteiger partial charge on any atom is -0.460 e. The summed E-state index contributed by atoms with van der Waals surface area (Å²) in [5.41, 5.74) is 8.05. The lowest BCUT2D eigenvalue weighted by Crippen LogP contribution is -2.32. The van der Waals surface area contributed by atoms with Crippen LogP contribution in [0.25, 0.3) is 56.2 Å². The number of hydrogen-bond acceptors (Lipinski definition) is 9. The monoisotopic (exact) mass is 682 g/mol. The Kier molecular flexibility index (Phi) is 8.75. The topological polar surface area (TPSA) is 123 Å². The minimum atomic E-state index is -3.09. The molecule has 0 unspecified atom stereocenters. The molecule has 0 spiro atoms. The number of fused-ring (bicyclic) bond motifs is 2. The predicted octanol–water partition coefficient (Wildman–Crippen LogP) is 8.59. The van der Waals surface area contributed by atoms with Gasteiger partial charge in [0.2, 0.25) is 11.8 Å². The SMILES string of the molecule is Cc1c(-c2nc3cc(COC(=O)[C@@H]4CCCN4)c(OC(F)F)cc3o2)cccc1-c1cccc(-c2nc3cc(CCl)cc(C#N)c3o2)c1C. The van der Waals surface area contributed by atoms with E-state index in [4.69, 9.17) is 34.9 Å². The van der Waals surface area contributed by atoms with Crippen LogP contribution in [0.15, 0.2) is 69.5 Å². The van der Waals surface area contributed by atoms with Gasteiger partial charge >= 0.3 is 12.6 Å². The number of carbonyl (C=O) groups excluding carboxylic acids is 1. The molecule has 1 aliphatic rings. The number of benzene rings is 4. The smallest absolute Gasteiger partial charge is 0.387 e. The van der Waals surface area contributed by atoms with Gasteiger partial charge in [0.1, 0.15) is 35.5 Å². The average molecular weight is 683 g/mol. The molecular weight excluding hydrogens is 654 g/mol. The average Bonchev–Trinajstić information content (AvgIpc) is 3.87. The van der Waals surface area contributed by atoms with E-state index in [2.05, 4.69) is 16.4 Å². The molecule has 9 nitrogen and oxygen atoms in total. The number of nitriles is 1. The first-order valence-electron chi connectivity index (χ1n) is 15.6. The standard InChI is InChI=1S/C37H29ClF2N4O5/c1-19-24(25-7-4-9-27(20(25)2)35-44-30-13-21(16-38)12-22(17-41)33(30)49-35)6-3-8-26(19)34-43-29-14-23(18-46-36(45)28-10-5-11-42-28)31(48-37(39)40)15-32(29)47-34/h3-4,6-9,12-15,28,37,42H,5,10-11,16,18H2,1-2H3/t28-/m0/s1. The van der Waals surface area contributed by atoms with Gasteiger partial charge in [0.15, 0.2) is 11.2 Å². The second kappa shape index (κ2) is 13.3. The van der Waals surface area contributed by atoms with Gasteiger partial charge < -0.3 is 23.6 Å². The number of nitrogens with one attached hydrogen (secondary N) is 1. The van der Waals surface area contributed by atoms with Crippen LogP contribution >= 0.6 is 11.6 Å². The number of esters is 1. The van der Waals surface area contributed by atoms with Crippen LogP contribution in [0.1, 0.15) is 40.7 Å². The van der Waals surface area contributed by atoms with Crippen LogP contribution in [0.2, 0.25) is 0 Å². The van der Waals surface area contributed by atoms with Crippen molar-refractivity contribution in [3.05, 3.63) is 88.5 Å². The highest BCUT2D eigenvalue weighted by atomic mass is 35.5. The Morgan fingerprint density at radius 1 is 1.00 bits per heavy atom. The highest BCUT2D eigenvalue weighted by molar-refractivity contribution is 6.17. The number of carbonyl (C=O) groups is 1. The zero-order chi connectivity index (χ0) is 34.2. The lowest BCUT2D eigenvalue weighted by Gasteiger charge is -2.14. The summed E-state index contributed by atoms with van der Waals surface area (Å²) in [6.07, 6.45) is 1.51. The highest BCUT2D eigenvalue weighted by Gasteiger charge is 2.25. The first-order valence-corrected chi connectivity index (χ1v) is 16.2. The van der Waals surface area contributed by atoms with Crippen molar-refractivity contribution in [3.63, 3.8) is 0 Å². The zero-order valence-electron chi connectivity index (χ0n) is 26.5. The van der Waals surface area contributed by atoms with Crippen LogP contribution < -0.4 is 10.1 Å². The Morgan fingerprint density at radius 2 is 1.67 bits per heavy atom. The van der Waals surface area contributed by atoms with E-state index in [1.807, 2.05) is 56.3 Å². The number of halogens is 3. The third kappa shape index (κ3) is 6.21. The molecule has 7 rings (SSSR count). The molecule has 1 aliphatic heterocycles. The second-order valence-corrected chi connectivity index (χ2v) is 12.1. The molecule has 4 aromatic carbocycles. The summed E-state index contributed by atoms with van der Waals surface area (Å²) in [6.45, 7) is 1.30. The fourth-order valence-corrected chi connectivity index (χ4v) is 6.41. The first kappa shape index (κ1) is 32.2. The number of ether oxygens (including phenoxy) is 2. The van der Waals surface area contributed by atoms with Gasteiger partial charge in [-0.15, -0.1) is 11.6 Å². The molecule has 1 N–H and O–H groups in total. The van der Waals surface area contributed by atoms with Crippen LogP contribution in [-0.4, -0.2) is 35.1 Å². The van der Waals surface area contributed by atoms with E-state index in [1.54, 1.807) is 6.07 Å². The predicted molar refractivity (Wildman–Crippen MR) is 179 cm³/mol. The maximum Gasteiger partial charge on any atom is 0.387 e. The second-order valence-electron chi connectivity index (χ2n) is 11.8. The molecule has 1 saturated heterocycles. The van der Waals surface area contributed by atoms with E-state index >= 15 is 0 Å². The van der Waals surface area contributed by atoms with E-state index in [-0.39, 0.29) is 35.3 Å². The molecule has 3 heterocycles. The molecular formula is C37H29ClF2N4O5. The Balaban J connectivity index is 1.24. The zero-order valence-corrected chi connectivity index (χ0v) is 27.2. The number of oxazole rings is 2. The number of aromatic nitrogens is 2. The largest absolute Gasteiger partial charge is 0.460 e. The molecule has 0 saturated carbocycles. The van der Waals surface area contributed by atoms with Crippen molar-refractivity contribution < 1.29 is 31.9 Å². The Hall–Kier alpha value is -5.31. The first-order chi connectivity index (χ1) is 23.7. The summed E-state index contributed by atoms with van der Waals surface area (Å²) in [6, 6.07) is 19.7. The molecule has 0 aliphatic carbocycles. The minimum absolute atomic E-state index is 0.157. The van der Waals surface area contributed by atoms with Crippen molar-refractivity contribution >= 4 is 39.8 Å². The van der Waals surface area contributed by atoms with Crippen LogP contribution in [-0.2, 0) is 22.0 Å². The normalized spacial score (nSPS) is 14.5. The van der Waals surface area contributed by atoms with E-state index in [0.29, 0.717) is 40.1 Å². The van der Waals surface area contributed by atoms with Crippen molar-refractivity contribution in [1.29, 1.82) is 5.26 Å². The molecule has 1 fully saturated rings. The van der Waals surface area contributed by atoms with E-state index in [1.165, 1.54) is 12.1 Å². The van der Waals surface area contributed by atoms with Crippen molar-refractivity contribution in [2.75, 3.05) is 6.54 Å². The fourth-order valence-electron chi connectivity index (χ4n) is 6.25. The van der Waals surface area contributed by atoms with Gasteiger partial charge in [-0.2, -0.15) is 14.0 Å².